The fourth-order valence-corrected chi connectivity index (χ4v) is 3.58. The highest BCUT2D eigenvalue weighted by Gasteiger charge is 2.48. The summed E-state index contributed by atoms with van der Waals surface area (Å²) in [5.74, 6) is -0.893. The lowest BCUT2D eigenvalue weighted by atomic mass is 9.87. The van der Waals surface area contributed by atoms with Gasteiger partial charge in [0.05, 0.1) is 11.4 Å². The van der Waals surface area contributed by atoms with Crippen molar-refractivity contribution in [3.05, 3.63) is 30.1 Å². The maximum Gasteiger partial charge on any atom is 0.252 e. The van der Waals surface area contributed by atoms with Gasteiger partial charge in [0.25, 0.3) is 5.91 Å². The molecule has 1 aromatic carbocycles. The number of amides is 1. The van der Waals surface area contributed by atoms with E-state index in [1.807, 2.05) is 11.8 Å². The Morgan fingerprint density at radius 2 is 2.24 bits per heavy atom. The average Bonchev–Trinajstić information content (AvgIpc) is 2.64. The average molecular weight is 343 g/mol. The van der Waals surface area contributed by atoms with Gasteiger partial charge in [-0.3, -0.25) is 4.79 Å². The number of phenols is 1. The maximum atomic E-state index is 13.7. The van der Waals surface area contributed by atoms with Crippen LogP contribution in [-0.2, 0) is 4.79 Å². The smallest absolute Gasteiger partial charge is 0.252 e. The molecule has 3 heterocycles. The molecule has 2 aliphatic rings. The number of para-hydroxylation sites is 1. The second kappa shape index (κ2) is 5.66. The lowest BCUT2D eigenvalue weighted by molar-refractivity contribution is -0.122. The number of hydrogen-bond donors (Lipinski definition) is 3. The molecular weight excluding hydrogens is 325 g/mol. The van der Waals surface area contributed by atoms with Crippen molar-refractivity contribution in [1.82, 2.24) is 15.5 Å². The van der Waals surface area contributed by atoms with Crippen molar-refractivity contribution in [2.45, 2.75) is 18.9 Å². The molecule has 0 bridgehead atoms. The summed E-state index contributed by atoms with van der Waals surface area (Å²) in [6.07, 6.45) is 0.633. The van der Waals surface area contributed by atoms with Crippen LogP contribution in [0.2, 0.25) is 0 Å². The van der Waals surface area contributed by atoms with Crippen LogP contribution < -0.4 is 15.5 Å². The minimum Gasteiger partial charge on any atom is -0.504 e. The minimum atomic E-state index is -0.713. The van der Waals surface area contributed by atoms with Gasteiger partial charge in [0.2, 0.25) is 0 Å². The van der Waals surface area contributed by atoms with Gasteiger partial charge in [0.15, 0.2) is 17.4 Å². The highest BCUT2D eigenvalue weighted by Crippen LogP contribution is 2.40. The molecule has 0 aliphatic carbocycles. The third-order valence-electron chi connectivity index (χ3n) is 5.01. The Bertz CT molecular complexity index is 859. The first-order chi connectivity index (χ1) is 12.1. The standard InChI is InChI=1S/C17H18FN5O2/c1-2-17-9-19-6-7-23(17)13-8-12(21-22-15(13)20-16(17)25)10-4-3-5-11(18)14(10)24/h3-5,8,19,24H,2,6-7,9H2,1H3,(H,20,22,25). The molecule has 2 aromatic rings. The summed E-state index contributed by atoms with van der Waals surface area (Å²) in [4.78, 5) is 14.7. The van der Waals surface area contributed by atoms with Gasteiger partial charge in [-0.05, 0) is 24.6 Å². The molecule has 1 aromatic heterocycles. The largest absolute Gasteiger partial charge is 0.504 e. The number of benzene rings is 1. The van der Waals surface area contributed by atoms with Gasteiger partial charge < -0.3 is 20.6 Å². The predicted octanol–water partition coefficient (Wildman–Crippen LogP) is 1.50. The number of nitrogens with zero attached hydrogens (tertiary/aromatic N) is 3. The summed E-state index contributed by atoms with van der Waals surface area (Å²) >= 11 is 0. The number of piperazine rings is 1. The highest BCUT2D eigenvalue weighted by atomic mass is 19.1. The number of phenolic OH excluding ortho intramolecular Hbond substituents is 1. The number of carbonyl (C=O) groups excluding carboxylic acids is 1. The Hall–Kier alpha value is -2.74. The molecule has 25 heavy (non-hydrogen) atoms. The summed E-state index contributed by atoms with van der Waals surface area (Å²) in [7, 11) is 0. The molecule has 1 saturated heterocycles. The zero-order valence-electron chi connectivity index (χ0n) is 13.7. The van der Waals surface area contributed by atoms with Crippen LogP contribution in [0, 0.1) is 5.82 Å². The number of fused-ring (bicyclic) bond motifs is 3. The number of carbonyl (C=O) groups is 1. The van der Waals surface area contributed by atoms with E-state index in [2.05, 4.69) is 20.8 Å². The Morgan fingerprint density at radius 1 is 1.40 bits per heavy atom. The number of nitrogens with one attached hydrogen (secondary N) is 2. The van der Waals surface area contributed by atoms with Gasteiger partial charge in [-0.25, -0.2) is 4.39 Å². The second-order valence-electron chi connectivity index (χ2n) is 6.27. The Morgan fingerprint density at radius 3 is 3.04 bits per heavy atom. The van der Waals surface area contributed by atoms with Gasteiger partial charge >= 0.3 is 0 Å². The van der Waals surface area contributed by atoms with E-state index in [1.54, 1.807) is 12.1 Å². The number of anilines is 2. The van der Waals surface area contributed by atoms with E-state index in [9.17, 15) is 14.3 Å². The highest BCUT2D eigenvalue weighted by molar-refractivity contribution is 6.06. The molecule has 0 radical (unpaired) electrons. The zero-order chi connectivity index (χ0) is 17.6. The van der Waals surface area contributed by atoms with E-state index in [0.717, 1.165) is 12.2 Å². The number of aromatic hydroxyl groups is 1. The summed E-state index contributed by atoms with van der Waals surface area (Å²) < 4.78 is 13.7. The minimum absolute atomic E-state index is 0.106. The molecule has 130 valence electrons. The van der Waals surface area contributed by atoms with Crippen LogP contribution in [0.3, 0.4) is 0 Å². The van der Waals surface area contributed by atoms with E-state index < -0.39 is 17.1 Å². The van der Waals surface area contributed by atoms with Crippen LogP contribution in [0.5, 0.6) is 5.75 Å². The molecule has 0 spiro atoms. The fourth-order valence-electron chi connectivity index (χ4n) is 3.58. The quantitative estimate of drug-likeness (QED) is 0.766. The van der Waals surface area contributed by atoms with Crippen LogP contribution in [0.1, 0.15) is 13.3 Å². The molecule has 0 saturated carbocycles. The molecule has 1 atom stereocenters. The molecule has 2 aliphatic heterocycles. The molecule has 7 nitrogen and oxygen atoms in total. The van der Waals surface area contributed by atoms with Gasteiger partial charge in [-0.1, -0.05) is 13.0 Å². The first-order valence-electron chi connectivity index (χ1n) is 8.22. The van der Waals surface area contributed by atoms with Gasteiger partial charge in [-0.15, -0.1) is 10.2 Å². The topological polar surface area (TPSA) is 90.4 Å². The van der Waals surface area contributed by atoms with Crippen molar-refractivity contribution in [3.8, 4) is 17.0 Å². The SMILES string of the molecule is CCC12CNCCN1c1cc(-c3cccc(F)c3O)nnc1NC2=O. The number of aromatic nitrogens is 2. The van der Waals surface area contributed by atoms with Crippen molar-refractivity contribution in [3.63, 3.8) is 0 Å². The molecule has 4 rings (SSSR count). The van der Waals surface area contributed by atoms with Gasteiger partial charge in [-0.2, -0.15) is 0 Å². The number of halogens is 1. The van der Waals surface area contributed by atoms with Crippen molar-refractivity contribution < 1.29 is 14.3 Å². The Kier molecular flexibility index (Phi) is 3.57. The van der Waals surface area contributed by atoms with E-state index in [4.69, 9.17) is 0 Å². The van der Waals surface area contributed by atoms with Crippen LogP contribution in [-0.4, -0.2) is 46.4 Å². The number of hydrogen-bond acceptors (Lipinski definition) is 6. The summed E-state index contributed by atoms with van der Waals surface area (Å²) in [5, 5.41) is 24.2. The Labute approximate surface area is 143 Å². The second-order valence-corrected chi connectivity index (χ2v) is 6.27. The fraction of sp³-hybridized carbons (Fsp3) is 0.353. The van der Waals surface area contributed by atoms with E-state index >= 15 is 0 Å². The Balaban J connectivity index is 1.85. The van der Waals surface area contributed by atoms with Crippen molar-refractivity contribution in [1.29, 1.82) is 0 Å². The van der Waals surface area contributed by atoms with Crippen LogP contribution in [0.25, 0.3) is 11.3 Å². The normalized spacial score (nSPS) is 22.2. The van der Waals surface area contributed by atoms with E-state index in [1.165, 1.54) is 12.1 Å². The van der Waals surface area contributed by atoms with E-state index in [-0.39, 0.29) is 11.5 Å². The first-order valence-corrected chi connectivity index (χ1v) is 8.22. The molecule has 3 N–H and O–H groups in total. The number of rotatable bonds is 2. The predicted molar refractivity (Wildman–Crippen MR) is 91.0 cm³/mol. The zero-order valence-corrected chi connectivity index (χ0v) is 13.7. The molecule has 1 unspecified atom stereocenters. The lowest BCUT2D eigenvalue weighted by Gasteiger charge is -2.49. The van der Waals surface area contributed by atoms with Crippen LogP contribution >= 0.6 is 0 Å². The van der Waals surface area contributed by atoms with Crippen molar-refractivity contribution in [2.75, 3.05) is 29.9 Å². The van der Waals surface area contributed by atoms with Crippen molar-refractivity contribution >= 4 is 17.4 Å². The van der Waals surface area contributed by atoms with Crippen LogP contribution in [0.15, 0.2) is 24.3 Å². The van der Waals surface area contributed by atoms with Crippen molar-refractivity contribution in [2.24, 2.45) is 0 Å². The summed E-state index contributed by atoms with van der Waals surface area (Å²) in [6.45, 7) is 3.90. The molecule has 8 heteroatoms. The first kappa shape index (κ1) is 15.8. The monoisotopic (exact) mass is 343 g/mol. The third kappa shape index (κ3) is 2.25. The molecule has 1 fully saturated rings. The third-order valence-corrected chi connectivity index (χ3v) is 5.01. The van der Waals surface area contributed by atoms with Gasteiger partial charge in [0, 0.05) is 25.2 Å². The van der Waals surface area contributed by atoms with E-state index in [0.29, 0.717) is 31.0 Å². The molecular formula is C17H18FN5O2. The summed E-state index contributed by atoms with van der Waals surface area (Å²) in [6, 6.07) is 6.02. The maximum absolute atomic E-state index is 13.7. The van der Waals surface area contributed by atoms with Crippen LogP contribution in [0.4, 0.5) is 15.9 Å². The van der Waals surface area contributed by atoms with Gasteiger partial charge in [0.1, 0.15) is 5.54 Å². The molecule has 1 amide bonds. The lowest BCUT2D eigenvalue weighted by Crippen LogP contribution is -2.68. The summed E-state index contributed by atoms with van der Waals surface area (Å²) in [5.41, 5.74) is 0.673.